The Kier molecular flexibility index (Phi) is 3.16. The lowest BCUT2D eigenvalue weighted by atomic mass is 9.99. The maximum absolute atomic E-state index is 12.2. The smallest absolute Gasteiger partial charge is 0.308 e. The van der Waals surface area contributed by atoms with Gasteiger partial charge in [0.15, 0.2) is 5.03 Å². The van der Waals surface area contributed by atoms with E-state index in [1.54, 1.807) is 18.5 Å². The molecule has 1 aromatic heterocycles. The van der Waals surface area contributed by atoms with Crippen LogP contribution in [0.1, 0.15) is 6.92 Å². The van der Waals surface area contributed by atoms with Crippen LogP contribution in [0.3, 0.4) is 0 Å². The van der Waals surface area contributed by atoms with Gasteiger partial charge in [0, 0.05) is 26.3 Å². The number of carbonyl (C=O) groups is 1. The number of hydrogen-bond donors (Lipinski definition) is 1. The summed E-state index contributed by atoms with van der Waals surface area (Å²) in [6, 6.07) is 0. The number of sulfonamides is 1. The van der Waals surface area contributed by atoms with E-state index in [1.165, 1.54) is 16.8 Å². The summed E-state index contributed by atoms with van der Waals surface area (Å²) in [7, 11) is -2.00. The summed E-state index contributed by atoms with van der Waals surface area (Å²) in [6.07, 6.45) is 2.81. The number of nitrogens with zero attached hydrogens (tertiary/aromatic N) is 3. The number of aryl methyl sites for hydroxylation is 1. The first-order valence-corrected chi connectivity index (χ1v) is 6.97. The van der Waals surface area contributed by atoms with Crippen LogP contribution >= 0.6 is 0 Å². The fraction of sp³-hybridized carbons (Fsp3) is 0.600. The predicted molar refractivity (Wildman–Crippen MR) is 62.3 cm³/mol. The number of aromatic nitrogens is 2. The van der Waals surface area contributed by atoms with Gasteiger partial charge in [-0.15, -0.1) is 0 Å². The molecule has 1 aliphatic rings. The minimum absolute atomic E-state index is 0.00933. The minimum atomic E-state index is -3.68. The summed E-state index contributed by atoms with van der Waals surface area (Å²) in [4.78, 5) is 14.8. The van der Waals surface area contributed by atoms with Gasteiger partial charge < -0.3 is 9.67 Å². The first kappa shape index (κ1) is 13.0. The van der Waals surface area contributed by atoms with Crippen LogP contribution in [0.5, 0.6) is 0 Å². The van der Waals surface area contributed by atoms with E-state index in [-0.39, 0.29) is 24.0 Å². The molecule has 8 heteroatoms. The Balaban J connectivity index is 2.26. The molecule has 1 saturated heterocycles. The van der Waals surface area contributed by atoms with Crippen LogP contribution in [0.15, 0.2) is 17.6 Å². The molecule has 0 radical (unpaired) electrons. The summed E-state index contributed by atoms with van der Waals surface area (Å²) in [6.45, 7) is 1.97. The lowest BCUT2D eigenvalue weighted by Gasteiger charge is -2.13. The van der Waals surface area contributed by atoms with Crippen LogP contribution in [-0.4, -0.2) is 46.4 Å². The van der Waals surface area contributed by atoms with Crippen molar-refractivity contribution in [3.8, 4) is 0 Å². The average Bonchev–Trinajstić information content (AvgIpc) is 2.84. The summed E-state index contributed by atoms with van der Waals surface area (Å²) in [5.74, 6) is -1.80. The Morgan fingerprint density at radius 1 is 1.50 bits per heavy atom. The van der Waals surface area contributed by atoms with E-state index >= 15 is 0 Å². The predicted octanol–water partition coefficient (Wildman–Crippen LogP) is -0.239. The highest BCUT2D eigenvalue weighted by Crippen LogP contribution is 2.27. The van der Waals surface area contributed by atoms with E-state index in [9.17, 15) is 13.2 Å². The number of imidazole rings is 1. The highest BCUT2D eigenvalue weighted by Gasteiger charge is 2.41. The van der Waals surface area contributed by atoms with Crippen LogP contribution in [0, 0.1) is 11.8 Å². The monoisotopic (exact) mass is 273 g/mol. The zero-order chi connectivity index (χ0) is 13.5. The van der Waals surface area contributed by atoms with Crippen molar-refractivity contribution in [2.75, 3.05) is 13.1 Å². The molecule has 1 aromatic rings. The highest BCUT2D eigenvalue weighted by molar-refractivity contribution is 7.89. The summed E-state index contributed by atoms with van der Waals surface area (Å²) < 4.78 is 27.2. The molecule has 1 fully saturated rings. The van der Waals surface area contributed by atoms with Crippen molar-refractivity contribution in [3.05, 3.63) is 12.5 Å². The van der Waals surface area contributed by atoms with E-state index in [2.05, 4.69) is 4.98 Å². The first-order valence-electron chi connectivity index (χ1n) is 5.53. The maximum Gasteiger partial charge on any atom is 0.308 e. The second-order valence-corrected chi connectivity index (χ2v) is 6.51. The third kappa shape index (κ3) is 2.13. The quantitative estimate of drug-likeness (QED) is 0.820. The third-order valence-electron chi connectivity index (χ3n) is 3.18. The molecule has 18 heavy (non-hydrogen) atoms. The van der Waals surface area contributed by atoms with E-state index < -0.39 is 21.9 Å². The van der Waals surface area contributed by atoms with Crippen LogP contribution in [0.2, 0.25) is 0 Å². The molecule has 0 amide bonds. The van der Waals surface area contributed by atoms with Crippen LogP contribution in [0.4, 0.5) is 0 Å². The van der Waals surface area contributed by atoms with Gasteiger partial charge in [0.25, 0.3) is 10.0 Å². The van der Waals surface area contributed by atoms with Gasteiger partial charge in [-0.25, -0.2) is 13.4 Å². The fourth-order valence-electron chi connectivity index (χ4n) is 2.09. The second-order valence-electron chi connectivity index (χ2n) is 4.62. The van der Waals surface area contributed by atoms with Gasteiger partial charge in [-0.05, 0) is 5.92 Å². The van der Waals surface area contributed by atoms with Crippen molar-refractivity contribution < 1.29 is 18.3 Å². The van der Waals surface area contributed by atoms with Crippen LogP contribution in [-0.2, 0) is 21.9 Å². The minimum Gasteiger partial charge on any atom is -0.481 e. The van der Waals surface area contributed by atoms with Gasteiger partial charge >= 0.3 is 5.97 Å². The van der Waals surface area contributed by atoms with Gasteiger partial charge in [-0.2, -0.15) is 4.31 Å². The SMILES string of the molecule is C[C@@H]1CN(S(=O)(=O)c2cn(C)cn2)C[C@H]1C(=O)O. The Hall–Kier alpha value is -1.41. The lowest BCUT2D eigenvalue weighted by molar-refractivity contribution is -0.142. The van der Waals surface area contributed by atoms with Crippen molar-refractivity contribution >= 4 is 16.0 Å². The summed E-state index contributed by atoms with van der Waals surface area (Å²) in [5, 5.41) is 8.96. The molecule has 0 aromatic carbocycles. The van der Waals surface area contributed by atoms with Gasteiger partial charge in [-0.3, -0.25) is 4.79 Å². The standard InChI is InChI=1S/C10H15N3O4S/c1-7-3-13(4-8(7)10(14)15)18(16,17)9-5-12(2)6-11-9/h5-8H,3-4H2,1-2H3,(H,14,15)/t7-,8-/m1/s1. The Labute approximate surface area is 105 Å². The fourth-order valence-corrected chi connectivity index (χ4v) is 3.63. The van der Waals surface area contributed by atoms with E-state index in [4.69, 9.17) is 5.11 Å². The van der Waals surface area contributed by atoms with Crippen molar-refractivity contribution in [2.24, 2.45) is 18.9 Å². The normalized spacial score (nSPS) is 25.4. The van der Waals surface area contributed by atoms with Crippen LogP contribution in [0.25, 0.3) is 0 Å². The largest absolute Gasteiger partial charge is 0.481 e. The number of carboxylic acids is 1. The molecule has 0 spiro atoms. The van der Waals surface area contributed by atoms with Crippen molar-refractivity contribution in [1.82, 2.24) is 13.9 Å². The Morgan fingerprint density at radius 2 is 2.17 bits per heavy atom. The van der Waals surface area contributed by atoms with Crippen molar-refractivity contribution in [3.63, 3.8) is 0 Å². The van der Waals surface area contributed by atoms with Gasteiger partial charge in [0.05, 0.1) is 12.2 Å². The van der Waals surface area contributed by atoms with E-state index in [0.717, 1.165) is 0 Å². The number of aliphatic carboxylic acids is 1. The van der Waals surface area contributed by atoms with E-state index in [1.807, 2.05) is 0 Å². The van der Waals surface area contributed by atoms with Crippen LogP contribution < -0.4 is 0 Å². The summed E-state index contributed by atoms with van der Waals surface area (Å²) >= 11 is 0. The number of hydrogen-bond acceptors (Lipinski definition) is 4. The first-order chi connectivity index (χ1) is 8.32. The Morgan fingerprint density at radius 3 is 2.61 bits per heavy atom. The van der Waals surface area contributed by atoms with Gasteiger partial charge in [-0.1, -0.05) is 6.92 Å². The molecule has 2 heterocycles. The molecular formula is C10H15N3O4S. The lowest BCUT2D eigenvalue weighted by Crippen LogP contribution is -2.30. The maximum atomic E-state index is 12.2. The molecule has 0 bridgehead atoms. The van der Waals surface area contributed by atoms with Crippen molar-refractivity contribution in [2.45, 2.75) is 11.9 Å². The molecule has 2 atom stereocenters. The zero-order valence-electron chi connectivity index (χ0n) is 10.1. The zero-order valence-corrected chi connectivity index (χ0v) is 11.0. The second kappa shape index (κ2) is 4.36. The molecule has 0 saturated carbocycles. The summed E-state index contributed by atoms with van der Waals surface area (Å²) in [5.41, 5.74) is 0. The average molecular weight is 273 g/mol. The molecule has 7 nitrogen and oxygen atoms in total. The van der Waals surface area contributed by atoms with Gasteiger partial charge in [0.2, 0.25) is 0 Å². The molecular weight excluding hydrogens is 258 g/mol. The highest BCUT2D eigenvalue weighted by atomic mass is 32.2. The molecule has 0 unspecified atom stereocenters. The molecule has 100 valence electrons. The molecule has 0 aliphatic carbocycles. The molecule has 1 N–H and O–H groups in total. The van der Waals surface area contributed by atoms with E-state index in [0.29, 0.717) is 0 Å². The van der Waals surface area contributed by atoms with Gasteiger partial charge in [0.1, 0.15) is 0 Å². The Bertz CT molecular complexity index is 565. The molecule has 1 aliphatic heterocycles. The topological polar surface area (TPSA) is 92.5 Å². The number of carboxylic acid groups (broad SMARTS) is 1. The van der Waals surface area contributed by atoms with Crippen molar-refractivity contribution in [1.29, 1.82) is 0 Å². The molecule has 2 rings (SSSR count). The number of rotatable bonds is 3. The third-order valence-corrected chi connectivity index (χ3v) is 4.90.